The first-order valence-electron chi connectivity index (χ1n) is 5.56. The second-order valence-electron chi connectivity index (χ2n) is 4.33. The zero-order valence-electron chi connectivity index (χ0n) is 9.06. The molecule has 2 saturated heterocycles. The van der Waals surface area contributed by atoms with Gasteiger partial charge in [0.15, 0.2) is 6.10 Å². The molecule has 2 aliphatic rings. The SMILES string of the molecule is CCCC[C@H]1OC(=O)[C@@H]2[C@H]1OC(=O)[C@H]2C. The number of hydrogen-bond acceptors (Lipinski definition) is 4. The molecule has 4 atom stereocenters. The number of rotatable bonds is 3. The van der Waals surface area contributed by atoms with Gasteiger partial charge in [0.05, 0.1) is 5.92 Å². The Bertz CT molecular complexity index is 286. The maximum absolute atomic E-state index is 11.5. The maximum Gasteiger partial charge on any atom is 0.314 e. The van der Waals surface area contributed by atoms with Crippen molar-refractivity contribution in [3.63, 3.8) is 0 Å². The standard InChI is InChI=1S/C11H16O4/c1-3-4-5-7-9-8(11(13)14-7)6(2)10(12)15-9/h6-9H,3-5H2,1-2H3/t6-,7+,8-,9-/m0/s1. The van der Waals surface area contributed by atoms with Crippen molar-refractivity contribution in [2.45, 2.75) is 45.3 Å². The quantitative estimate of drug-likeness (QED) is 0.661. The van der Waals surface area contributed by atoms with Crippen molar-refractivity contribution in [2.24, 2.45) is 11.8 Å². The maximum atomic E-state index is 11.5. The van der Waals surface area contributed by atoms with Gasteiger partial charge >= 0.3 is 11.9 Å². The molecular formula is C11H16O4. The number of esters is 2. The summed E-state index contributed by atoms with van der Waals surface area (Å²) in [5.74, 6) is -1.23. The molecule has 84 valence electrons. The lowest BCUT2D eigenvalue weighted by Gasteiger charge is -2.14. The van der Waals surface area contributed by atoms with Gasteiger partial charge in [0.25, 0.3) is 0 Å². The summed E-state index contributed by atoms with van der Waals surface area (Å²) in [4.78, 5) is 22.9. The van der Waals surface area contributed by atoms with Crippen molar-refractivity contribution in [3.05, 3.63) is 0 Å². The first-order valence-corrected chi connectivity index (χ1v) is 5.56. The van der Waals surface area contributed by atoms with Crippen molar-refractivity contribution < 1.29 is 19.1 Å². The van der Waals surface area contributed by atoms with Gasteiger partial charge in [0.1, 0.15) is 12.0 Å². The van der Waals surface area contributed by atoms with E-state index in [-0.39, 0.29) is 36.0 Å². The highest BCUT2D eigenvalue weighted by Crippen LogP contribution is 2.38. The summed E-state index contributed by atoms with van der Waals surface area (Å²) < 4.78 is 10.4. The largest absolute Gasteiger partial charge is 0.458 e. The number of carbonyl (C=O) groups is 2. The smallest absolute Gasteiger partial charge is 0.314 e. The Morgan fingerprint density at radius 2 is 1.93 bits per heavy atom. The van der Waals surface area contributed by atoms with E-state index in [0.29, 0.717) is 0 Å². The van der Waals surface area contributed by atoms with E-state index in [4.69, 9.17) is 9.47 Å². The summed E-state index contributed by atoms with van der Waals surface area (Å²) in [5.41, 5.74) is 0. The summed E-state index contributed by atoms with van der Waals surface area (Å²) >= 11 is 0. The summed E-state index contributed by atoms with van der Waals surface area (Å²) in [6.07, 6.45) is 2.30. The highest BCUT2D eigenvalue weighted by atomic mass is 16.6. The summed E-state index contributed by atoms with van der Waals surface area (Å²) in [6.45, 7) is 3.81. The molecule has 4 nitrogen and oxygen atoms in total. The van der Waals surface area contributed by atoms with Gasteiger partial charge in [-0.3, -0.25) is 9.59 Å². The molecular weight excluding hydrogens is 196 g/mol. The summed E-state index contributed by atoms with van der Waals surface area (Å²) in [7, 11) is 0. The van der Waals surface area contributed by atoms with Crippen molar-refractivity contribution in [1.82, 2.24) is 0 Å². The van der Waals surface area contributed by atoms with Crippen LogP contribution in [0.15, 0.2) is 0 Å². The molecule has 0 amide bonds. The third-order valence-electron chi connectivity index (χ3n) is 3.26. The van der Waals surface area contributed by atoms with E-state index in [1.165, 1.54) is 0 Å². The first kappa shape index (κ1) is 10.5. The van der Waals surface area contributed by atoms with Crippen molar-refractivity contribution in [3.8, 4) is 0 Å². The van der Waals surface area contributed by atoms with Crippen LogP contribution in [0, 0.1) is 11.8 Å². The fourth-order valence-corrected chi connectivity index (χ4v) is 2.31. The van der Waals surface area contributed by atoms with Crippen LogP contribution in [0.4, 0.5) is 0 Å². The molecule has 2 aliphatic heterocycles. The van der Waals surface area contributed by atoms with Crippen LogP contribution in [0.5, 0.6) is 0 Å². The molecule has 2 fully saturated rings. The Kier molecular flexibility index (Phi) is 2.67. The Morgan fingerprint density at radius 1 is 1.20 bits per heavy atom. The molecule has 2 rings (SSSR count). The number of carbonyl (C=O) groups excluding carboxylic acids is 2. The third kappa shape index (κ3) is 1.62. The molecule has 0 spiro atoms. The first-order chi connectivity index (χ1) is 7.15. The van der Waals surface area contributed by atoms with Gasteiger partial charge in [0.2, 0.25) is 0 Å². The predicted molar refractivity (Wildman–Crippen MR) is 51.9 cm³/mol. The average molecular weight is 212 g/mol. The van der Waals surface area contributed by atoms with Crippen LogP contribution in [-0.2, 0) is 19.1 Å². The van der Waals surface area contributed by atoms with Crippen LogP contribution in [0.3, 0.4) is 0 Å². The molecule has 15 heavy (non-hydrogen) atoms. The molecule has 0 aromatic carbocycles. The third-order valence-corrected chi connectivity index (χ3v) is 3.26. The number of cyclic esters (lactones) is 1. The second kappa shape index (κ2) is 3.83. The molecule has 0 aliphatic carbocycles. The Labute approximate surface area is 88.9 Å². The fourth-order valence-electron chi connectivity index (χ4n) is 2.31. The lowest BCUT2D eigenvalue weighted by atomic mass is 9.91. The minimum Gasteiger partial charge on any atom is -0.458 e. The Balaban J connectivity index is 2.07. The van der Waals surface area contributed by atoms with E-state index in [0.717, 1.165) is 19.3 Å². The van der Waals surface area contributed by atoms with Crippen molar-refractivity contribution in [1.29, 1.82) is 0 Å². The molecule has 0 aromatic rings. The van der Waals surface area contributed by atoms with Crippen LogP contribution < -0.4 is 0 Å². The normalized spacial score (nSPS) is 38.8. The molecule has 0 radical (unpaired) electrons. The van der Waals surface area contributed by atoms with Crippen LogP contribution in [0.1, 0.15) is 33.1 Å². The van der Waals surface area contributed by atoms with E-state index < -0.39 is 0 Å². The van der Waals surface area contributed by atoms with Crippen LogP contribution >= 0.6 is 0 Å². The van der Waals surface area contributed by atoms with Gasteiger partial charge in [-0.2, -0.15) is 0 Å². The van der Waals surface area contributed by atoms with E-state index in [1.54, 1.807) is 6.92 Å². The van der Waals surface area contributed by atoms with Crippen molar-refractivity contribution >= 4 is 11.9 Å². The van der Waals surface area contributed by atoms with Crippen LogP contribution in [0.2, 0.25) is 0 Å². The molecule has 2 heterocycles. The molecule has 0 unspecified atom stereocenters. The van der Waals surface area contributed by atoms with Gasteiger partial charge in [-0.15, -0.1) is 0 Å². The van der Waals surface area contributed by atoms with E-state index in [2.05, 4.69) is 6.92 Å². The number of unbranched alkanes of at least 4 members (excludes halogenated alkanes) is 1. The molecule has 4 heteroatoms. The van der Waals surface area contributed by atoms with E-state index in [9.17, 15) is 9.59 Å². The van der Waals surface area contributed by atoms with E-state index >= 15 is 0 Å². The minimum atomic E-state index is -0.362. The topological polar surface area (TPSA) is 52.6 Å². The minimum absolute atomic E-state index is 0.212. The van der Waals surface area contributed by atoms with Crippen LogP contribution in [-0.4, -0.2) is 24.1 Å². The van der Waals surface area contributed by atoms with Gasteiger partial charge in [-0.1, -0.05) is 20.3 Å². The Morgan fingerprint density at radius 3 is 2.60 bits per heavy atom. The highest BCUT2D eigenvalue weighted by molar-refractivity contribution is 5.87. The lowest BCUT2D eigenvalue weighted by Crippen LogP contribution is -2.25. The second-order valence-corrected chi connectivity index (χ2v) is 4.33. The monoisotopic (exact) mass is 212 g/mol. The molecule has 0 N–H and O–H groups in total. The highest BCUT2D eigenvalue weighted by Gasteiger charge is 2.56. The zero-order chi connectivity index (χ0) is 11.0. The predicted octanol–water partition coefficient (Wildman–Crippen LogP) is 1.28. The van der Waals surface area contributed by atoms with Gasteiger partial charge < -0.3 is 9.47 Å². The zero-order valence-corrected chi connectivity index (χ0v) is 9.06. The van der Waals surface area contributed by atoms with Crippen molar-refractivity contribution in [2.75, 3.05) is 0 Å². The fraction of sp³-hybridized carbons (Fsp3) is 0.818. The van der Waals surface area contributed by atoms with E-state index in [1.807, 2.05) is 0 Å². The number of hydrogen-bond donors (Lipinski definition) is 0. The molecule has 0 saturated carbocycles. The Hall–Kier alpha value is -1.06. The van der Waals surface area contributed by atoms with Gasteiger partial charge in [0, 0.05) is 0 Å². The summed E-state index contributed by atoms with van der Waals surface area (Å²) in [5, 5.41) is 0. The van der Waals surface area contributed by atoms with Gasteiger partial charge in [-0.05, 0) is 12.8 Å². The van der Waals surface area contributed by atoms with Crippen LogP contribution in [0.25, 0.3) is 0 Å². The average Bonchev–Trinajstić information content (AvgIpc) is 2.65. The summed E-state index contributed by atoms with van der Waals surface area (Å²) in [6, 6.07) is 0. The molecule has 0 bridgehead atoms. The lowest BCUT2D eigenvalue weighted by molar-refractivity contribution is -0.155. The number of ether oxygens (including phenoxy) is 2. The van der Waals surface area contributed by atoms with Gasteiger partial charge in [-0.25, -0.2) is 0 Å². The molecule has 0 aromatic heterocycles. The number of fused-ring (bicyclic) bond motifs is 1.